The summed E-state index contributed by atoms with van der Waals surface area (Å²) in [7, 11) is 0. The minimum Gasteiger partial charge on any atom is -0.484 e. The Labute approximate surface area is 199 Å². The Bertz CT molecular complexity index is 1070. The average Bonchev–Trinajstić information content (AvgIpc) is 2.81. The van der Waals surface area contributed by atoms with Gasteiger partial charge in [-0.25, -0.2) is 0 Å². The number of rotatable bonds is 9. The summed E-state index contributed by atoms with van der Waals surface area (Å²) in [5.41, 5.74) is 5.76. The number of nitro benzene ring substituents is 1. The van der Waals surface area contributed by atoms with Crippen molar-refractivity contribution in [1.82, 2.24) is 4.90 Å². The fourth-order valence-electron chi connectivity index (χ4n) is 3.79. The third-order valence-electron chi connectivity index (χ3n) is 5.73. The van der Waals surface area contributed by atoms with Gasteiger partial charge in [-0.15, -0.1) is 0 Å². The number of nitrogens with two attached hydrogens (primary N) is 1. The van der Waals surface area contributed by atoms with E-state index in [4.69, 9.17) is 5.73 Å². The van der Waals surface area contributed by atoms with Crippen molar-refractivity contribution in [3.05, 3.63) is 63.7 Å². The number of primary amides is 1. The number of nitro groups is 1. The SMILES string of the molecule is NC(=O)C1CCN(CCc2ccc(NC(=O)c3cc(OCC(F)(F)F)ccc3[N+](=O)[O-])cc2)CC1. The van der Waals surface area contributed by atoms with Gasteiger partial charge in [-0.3, -0.25) is 19.7 Å². The molecule has 2 aromatic rings. The van der Waals surface area contributed by atoms with Gasteiger partial charge < -0.3 is 20.7 Å². The molecule has 3 N–H and O–H groups in total. The van der Waals surface area contributed by atoms with Gasteiger partial charge in [0.25, 0.3) is 11.6 Å². The molecule has 0 aliphatic carbocycles. The van der Waals surface area contributed by atoms with Gasteiger partial charge in [-0.1, -0.05) is 12.1 Å². The van der Waals surface area contributed by atoms with E-state index in [1.54, 1.807) is 12.1 Å². The first-order valence-electron chi connectivity index (χ1n) is 10.9. The van der Waals surface area contributed by atoms with E-state index in [0.29, 0.717) is 5.69 Å². The number of carbonyl (C=O) groups excluding carboxylic acids is 2. The maximum absolute atomic E-state index is 12.7. The van der Waals surface area contributed by atoms with Gasteiger partial charge in [0.2, 0.25) is 5.91 Å². The molecule has 0 spiro atoms. The highest BCUT2D eigenvalue weighted by Gasteiger charge is 2.29. The Morgan fingerprint density at radius 1 is 1.14 bits per heavy atom. The summed E-state index contributed by atoms with van der Waals surface area (Å²) >= 11 is 0. The van der Waals surface area contributed by atoms with Crippen molar-refractivity contribution in [1.29, 1.82) is 0 Å². The summed E-state index contributed by atoms with van der Waals surface area (Å²) in [6, 6.07) is 9.74. The van der Waals surface area contributed by atoms with E-state index in [1.807, 2.05) is 12.1 Å². The van der Waals surface area contributed by atoms with Crippen LogP contribution in [0, 0.1) is 16.0 Å². The number of piperidine rings is 1. The molecule has 188 valence electrons. The number of halogens is 3. The van der Waals surface area contributed by atoms with Crippen LogP contribution in [0.25, 0.3) is 0 Å². The van der Waals surface area contributed by atoms with Gasteiger partial charge in [0.05, 0.1) is 4.92 Å². The molecule has 35 heavy (non-hydrogen) atoms. The quantitative estimate of drug-likeness (QED) is 0.406. The molecule has 1 aliphatic rings. The first-order valence-corrected chi connectivity index (χ1v) is 10.9. The molecule has 2 aromatic carbocycles. The lowest BCUT2D eigenvalue weighted by Gasteiger charge is -2.30. The highest BCUT2D eigenvalue weighted by atomic mass is 19.4. The lowest BCUT2D eigenvalue weighted by Crippen LogP contribution is -2.39. The van der Waals surface area contributed by atoms with E-state index in [1.165, 1.54) is 0 Å². The number of hydrogen-bond acceptors (Lipinski definition) is 6. The lowest BCUT2D eigenvalue weighted by molar-refractivity contribution is -0.385. The predicted octanol–water partition coefficient (Wildman–Crippen LogP) is 3.53. The number of likely N-dealkylation sites (tertiary alicyclic amines) is 1. The van der Waals surface area contributed by atoms with E-state index < -0.39 is 34.9 Å². The molecule has 1 heterocycles. The number of ether oxygens (including phenoxy) is 1. The highest BCUT2D eigenvalue weighted by molar-refractivity contribution is 6.07. The number of anilines is 1. The molecule has 1 fully saturated rings. The lowest BCUT2D eigenvalue weighted by atomic mass is 9.96. The van der Waals surface area contributed by atoms with Gasteiger partial charge in [0.1, 0.15) is 11.3 Å². The van der Waals surface area contributed by atoms with Crippen molar-refractivity contribution in [2.45, 2.75) is 25.4 Å². The minimum absolute atomic E-state index is 0.0677. The monoisotopic (exact) mass is 494 g/mol. The molecule has 0 bridgehead atoms. The third kappa shape index (κ3) is 7.67. The predicted molar refractivity (Wildman–Crippen MR) is 121 cm³/mol. The first kappa shape index (κ1) is 25.9. The molecule has 0 unspecified atom stereocenters. The van der Waals surface area contributed by atoms with Gasteiger partial charge in [0, 0.05) is 24.2 Å². The van der Waals surface area contributed by atoms with E-state index in [9.17, 15) is 32.9 Å². The van der Waals surface area contributed by atoms with Gasteiger partial charge in [-0.2, -0.15) is 13.2 Å². The van der Waals surface area contributed by atoms with E-state index in [0.717, 1.165) is 62.7 Å². The largest absolute Gasteiger partial charge is 0.484 e. The smallest absolute Gasteiger partial charge is 0.422 e. The molecule has 0 aromatic heterocycles. The van der Waals surface area contributed by atoms with Crippen LogP contribution in [-0.4, -0.2) is 54.1 Å². The maximum atomic E-state index is 12.7. The Morgan fingerprint density at radius 3 is 2.37 bits per heavy atom. The van der Waals surface area contributed by atoms with Crippen molar-refractivity contribution in [3.8, 4) is 5.75 Å². The average molecular weight is 494 g/mol. The van der Waals surface area contributed by atoms with Crippen LogP contribution in [0.2, 0.25) is 0 Å². The van der Waals surface area contributed by atoms with Crippen LogP contribution >= 0.6 is 0 Å². The van der Waals surface area contributed by atoms with Crippen molar-refractivity contribution in [2.75, 3.05) is 31.6 Å². The zero-order valence-electron chi connectivity index (χ0n) is 18.7. The topological polar surface area (TPSA) is 128 Å². The molecule has 3 rings (SSSR count). The van der Waals surface area contributed by atoms with Crippen molar-refractivity contribution in [3.63, 3.8) is 0 Å². The standard InChI is InChI=1S/C23H25F3N4O5/c24-23(25,26)14-35-18-5-6-20(30(33)34)19(13-18)22(32)28-17-3-1-15(2-4-17)7-10-29-11-8-16(9-12-29)21(27)31/h1-6,13,16H,7-12,14H2,(H2,27,31)(H,28,32). The summed E-state index contributed by atoms with van der Waals surface area (Å²) in [6.07, 6.45) is -2.35. The fraction of sp³-hybridized carbons (Fsp3) is 0.391. The molecule has 0 saturated carbocycles. The zero-order valence-corrected chi connectivity index (χ0v) is 18.7. The Hall–Kier alpha value is -3.67. The fourth-order valence-corrected chi connectivity index (χ4v) is 3.79. The van der Waals surface area contributed by atoms with Crippen LogP contribution in [0.4, 0.5) is 24.5 Å². The molecular formula is C23H25F3N4O5. The van der Waals surface area contributed by atoms with Crippen molar-refractivity contribution >= 4 is 23.2 Å². The van der Waals surface area contributed by atoms with Crippen LogP contribution < -0.4 is 15.8 Å². The van der Waals surface area contributed by atoms with Crippen LogP contribution in [0.3, 0.4) is 0 Å². The van der Waals surface area contributed by atoms with E-state index in [-0.39, 0.29) is 17.6 Å². The van der Waals surface area contributed by atoms with Crippen LogP contribution in [0.15, 0.2) is 42.5 Å². The van der Waals surface area contributed by atoms with E-state index >= 15 is 0 Å². The molecule has 0 radical (unpaired) electrons. The summed E-state index contributed by atoms with van der Waals surface area (Å²) in [4.78, 5) is 36.7. The second-order valence-corrected chi connectivity index (χ2v) is 8.26. The first-order chi connectivity index (χ1) is 16.5. The van der Waals surface area contributed by atoms with Gasteiger partial charge in [0.15, 0.2) is 6.61 Å². The van der Waals surface area contributed by atoms with Crippen LogP contribution in [0.5, 0.6) is 5.75 Å². The minimum atomic E-state index is -4.59. The van der Waals surface area contributed by atoms with Gasteiger partial charge in [-0.05, 0) is 62.2 Å². The van der Waals surface area contributed by atoms with Crippen molar-refractivity contribution in [2.24, 2.45) is 11.7 Å². The number of nitrogens with zero attached hydrogens (tertiary/aromatic N) is 2. The second kappa shape index (κ2) is 11.2. The summed E-state index contributed by atoms with van der Waals surface area (Å²) in [5, 5.41) is 13.8. The number of alkyl halides is 3. The summed E-state index contributed by atoms with van der Waals surface area (Å²) < 4.78 is 41.8. The Balaban J connectivity index is 1.59. The summed E-state index contributed by atoms with van der Waals surface area (Å²) in [6.45, 7) is 0.809. The van der Waals surface area contributed by atoms with Crippen LogP contribution in [-0.2, 0) is 11.2 Å². The normalized spacial score (nSPS) is 14.9. The van der Waals surface area contributed by atoms with E-state index in [2.05, 4.69) is 15.0 Å². The maximum Gasteiger partial charge on any atom is 0.422 e. The molecule has 2 amide bonds. The number of benzene rings is 2. The van der Waals surface area contributed by atoms with Crippen LogP contribution in [0.1, 0.15) is 28.8 Å². The number of amides is 2. The molecule has 0 atom stereocenters. The van der Waals surface area contributed by atoms with Gasteiger partial charge >= 0.3 is 6.18 Å². The summed E-state index contributed by atoms with van der Waals surface area (Å²) in [5.74, 6) is -1.48. The third-order valence-corrected chi connectivity index (χ3v) is 5.73. The molecular weight excluding hydrogens is 469 g/mol. The zero-order chi connectivity index (χ0) is 25.6. The molecule has 1 saturated heterocycles. The number of carbonyl (C=O) groups is 2. The molecule has 9 nitrogen and oxygen atoms in total. The highest BCUT2D eigenvalue weighted by Crippen LogP contribution is 2.27. The Morgan fingerprint density at radius 2 is 1.80 bits per heavy atom. The Kier molecular flexibility index (Phi) is 8.28. The number of hydrogen-bond donors (Lipinski definition) is 2. The molecule has 12 heteroatoms. The second-order valence-electron chi connectivity index (χ2n) is 8.26. The van der Waals surface area contributed by atoms with Crippen molar-refractivity contribution < 1.29 is 32.4 Å². The number of nitrogens with one attached hydrogen (secondary N) is 1. The molecule has 1 aliphatic heterocycles.